The lowest BCUT2D eigenvalue weighted by Crippen LogP contribution is -2.22. The monoisotopic (exact) mass is 238 g/mol. The molecule has 0 saturated carbocycles. The van der Waals surface area contributed by atoms with E-state index in [4.69, 9.17) is 0 Å². The summed E-state index contributed by atoms with van der Waals surface area (Å²) in [5, 5.41) is 7.82. The van der Waals surface area contributed by atoms with Gasteiger partial charge in [-0.3, -0.25) is 4.68 Å². The van der Waals surface area contributed by atoms with Gasteiger partial charge in [0.1, 0.15) is 0 Å². The molecule has 0 aliphatic carbocycles. The Labute approximate surface area is 105 Å². The Kier molecular flexibility index (Phi) is 6.22. The Hall–Kier alpha value is -0.870. The summed E-state index contributed by atoms with van der Waals surface area (Å²) in [6.45, 7) is 8.55. The molecule has 0 radical (unpaired) electrons. The van der Waals surface area contributed by atoms with Gasteiger partial charge in [-0.1, -0.05) is 13.8 Å². The average Bonchev–Trinajstić information content (AvgIpc) is 2.64. The van der Waals surface area contributed by atoms with E-state index in [2.05, 4.69) is 54.0 Å². The fourth-order valence-corrected chi connectivity index (χ4v) is 1.76. The maximum atomic E-state index is 4.35. The quantitative estimate of drug-likeness (QED) is 0.698. The Balaban J connectivity index is 2.24. The first-order valence-electron chi connectivity index (χ1n) is 6.45. The molecular formula is C13H26N4. The van der Waals surface area contributed by atoms with E-state index in [9.17, 15) is 0 Å². The lowest BCUT2D eigenvalue weighted by molar-refractivity contribution is 0.392. The molecule has 98 valence electrons. The van der Waals surface area contributed by atoms with Crippen LogP contribution in [0.4, 0.5) is 0 Å². The SMILES string of the molecule is CC(C)Cn1nccc1CNCCCN(C)C. The molecule has 0 aliphatic rings. The Morgan fingerprint density at radius 3 is 2.82 bits per heavy atom. The van der Waals surface area contributed by atoms with Crippen molar-refractivity contribution in [1.82, 2.24) is 20.0 Å². The molecule has 4 heteroatoms. The zero-order valence-electron chi connectivity index (χ0n) is 11.6. The van der Waals surface area contributed by atoms with Gasteiger partial charge in [0.05, 0.1) is 5.69 Å². The summed E-state index contributed by atoms with van der Waals surface area (Å²) in [7, 11) is 4.22. The third-order valence-corrected chi connectivity index (χ3v) is 2.61. The molecular weight excluding hydrogens is 212 g/mol. The predicted molar refractivity (Wildman–Crippen MR) is 71.9 cm³/mol. The van der Waals surface area contributed by atoms with Gasteiger partial charge < -0.3 is 10.2 Å². The maximum Gasteiger partial charge on any atom is 0.0522 e. The summed E-state index contributed by atoms with van der Waals surface area (Å²) in [5.41, 5.74) is 1.28. The molecule has 0 aromatic carbocycles. The molecule has 0 bridgehead atoms. The van der Waals surface area contributed by atoms with Crippen molar-refractivity contribution < 1.29 is 0 Å². The first-order chi connectivity index (χ1) is 8.09. The summed E-state index contributed by atoms with van der Waals surface area (Å²) < 4.78 is 2.10. The van der Waals surface area contributed by atoms with E-state index in [1.165, 1.54) is 12.1 Å². The predicted octanol–water partition coefficient (Wildman–Crippen LogP) is 1.58. The van der Waals surface area contributed by atoms with Crippen LogP contribution in [0.15, 0.2) is 12.3 Å². The van der Waals surface area contributed by atoms with Gasteiger partial charge in [-0.15, -0.1) is 0 Å². The molecule has 0 spiro atoms. The molecule has 0 aliphatic heterocycles. The van der Waals surface area contributed by atoms with Gasteiger partial charge >= 0.3 is 0 Å². The van der Waals surface area contributed by atoms with Crippen molar-refractivity contribution in [2.75, 3.05) is 27.2 Å². The van der Waals surface area contributed by atoms with Crippen LogP contribution in [0.3, 0.4) is 0 Å². The highest BCUT2D eigenvalue weighted by Crippen LogP contribution is 2.03. The van der Waals surface area contributed by atoms with Gasteiger partial charge in [-0.2, -0.15) is 5.10 Å². The van der Waals surface area contributed by atoms with Crippen LogP contribution >= 0.6 is 0 Å². The Bertz CT molecular complexity index is 304. The van der Waals surface area contributed by atoms with E-state index in [0.717, 1.165) is 26.2 Å². The molecule has 0 amide bonds. The minimum absolute atomic E-state index is 0.641. The van der Waals surface area contributed by atoms with Crippen LogP contribution in [0.25, 0.3) is 0 Å². The van der Waals surface area contributed by atoms with Crippen LogP contribution in [0.5, 0.6) is 0 Å². The van der Waals surface area contributed by atoms with E-state index in [-0.39, 0.29) is 0 Å². The minimum Gasteiger partial charge on any atom is -0.311 e. The second-order valence-electron chi connectivity index (χ2n) is 5.23. The third-order valence-electron chi connectivity index (χ3n) is 2.61. The summed E-state index contributed by atoms with van der Waals surface area (Å²) in [6, 6.07) is 2.10. The molecule has 1 heterocycles. The number of rotatable bonds is 8. The van der Waals surface area contributed by atoms with Crippen LogP contribution < -0.4 is 5.32 Å². The zero-order valence-corrected chi connectivity index (χ0v) is 11.6. The van der Waals surface area contributed by atoms with Gasteiger partial charge in [-0.05, 0) is 45.6 Å². The van der Waals surface area contributed by atoms with Gasteiger partial charge in [0.2, 0.25) is 0 Å². The van der Waals surface area contributed by atoms with Gasteiger partial charge in [0.25, 0.3) is 0 Å². The number of nitrogens with one attached hydrogen (secondary N) is 1. The van der Waals surface area contributed by atoms with Crippen molar-refractivity contribution in [2.24, 2.45) is 5.92 Å². The highest BCUT2D eigenvalue weighted by Gasteiger charge is 2.03. The molecule has 1 aromatic rings. The molecule has 0 atom stereocenters. The normalized spacial score (nSPS) is 11.6. The number of aromatic nitrogens is 2. The Morgan fingerprint density at radius 1 is 1.41 bits per heavy atom. The van der Waals surface area contributed by atoms with Crippen molar-refractivity contribution >= 4 is 0 Å². The van der Waals surface area contributed by atoms with Crippen LogP contribution in [0, 0.1) is 5.92 Å². The van der Waals surface area contributed by atoms with Gasteiger partial charge in [-0.25, -0.2) is 0 Å². The number of hydrogen-bond acceptors (Lipinski definition) is 3. The number of hydrogen-bond donors (Lipinski definition) is 1. The maximum absolute atomic E-state index is 4.35. The van der Waals surface area contributed by atoms with E-state index in [1.807, 2.05) is 6.20 Å². The van der Waals surface area contributed by atoms with Crippen molar-refractivity contribution in [3.05, 3.63) is 18.0 Å². The summed E-state index contributed by atoms with van der Waals surface area (Å²) in [4.78, 5) is 2.21. The second-order valence-corrected chi connectivity index (χ2v) is 5.23. The van der Waals surface area contributed by atoms with Gasteiger partial charge in [0.15, 0.2) is 0 Å². The van der Waals surface area contributed by atoms with Crippen LogP contribution in [-0.2, 0) is 13.1 Å². The Morgan fingerprint density at radius 2 is 2.18 bits per heavy atom. The molecule has 1 N–H and O–H groups in total. The molecule has 0 saturated heterocycles. The third kappa shape index (κ3) is 5.84. The van der Waals surface area contributed by atoms with E-state index < -0.39 is 0 Å². The first-order valence-corrected chi connectivity index (χ1v) is 6.45. The highest BCUT2D eigenvalue weighted by atomic mass is 15.3. The van der Waals surface area contributed by atoms with E-state index >= 15 is 0 Å². The molecule has 1 aromatic heterocycles. The zero-order chi connectivity index (χ0) is 12.7. The van der Waals surface area contributed by atoms with Crippen LogP contribution in [-0.4, -0.2) is 41.9 Å². The molecule has 4 nitrogen and oxygen atoms in total. The lowest BCUT2D eigenvalue weighted by atomic mass is 10.2. The van der Waals surface area contributed by atoms with Crippen molar-refractivity contribution in [2.45, 2.75) is 33.4 Å². The van der Waals surface area contributed by atoms with Gasteiger partial charge in [0, 0.05) is 19.3 Å². The summed E-state index contributed by atoms with van der Waals surface area (Å²) in [6.07, 6.45) is 3.07. The van der Waals surface area contributed by atoms with Crippen LogP contribution in [0.1, 0.15) is 26.0 Å². The van der Waals surface area contributed by atoms with Crippen LogP contribution in [0.2, 0.25) is 0 Å². The molecule has 0 unspecified atom stereocenters. The molecule has 0 fully saturated rings. The second kappa shape index (κ2) is 7.45. The van der Waals surface area contributed by atoms with E-state index in [0.29, 0.717) is 5.92 Å². The smallest absolute Gasteiger partial charge is 0.0522 e. The standard InChI is InChI=1S/C13H26N4/c1-12(2)11-17-13(6-8-15-17)10-14-7-5-9-16(3)4/h6,8,12,14H,5,7,9-11H2,1-4H3. The van der Waals surface area contributed by atoms with Crippen molar-refractivity contribution in [3.63, 3.8) is 0 Å². The molecule has 17 heavy (non-hydrogen) atoms. The number of nitrogens with zero attached hydrogens (tertiary/aromatic N) is 3. The molecule has 1 rings (SSSR count). The minimum atomic E-state index is 0.641. The van der Waals surface area contributed by atoms with Crippen molar-refractivity contribution in [3.8, 4) is 0 Å². The first kappa shape index (κ1) is 14.2. The average molecular weight is 238 g/mol. The van der Waals surface area contributed by atoms with Crippen molar-refractivity contribution in [1.29, 1.82) is 0 Å². The summed E-state index contributed by atoms with van der Waals surface area (Å²) >= 11 is 0. The van der Waals surface area contributed by atoms with E-state index in [1.54, 1.807) is 0 Å². The fraction of sp³-hybridized carbons (Fsp3) is 0.769. The topological polar surface area (TPSA) is 33.1 Å². The lowest BCUT2D eigenvalue weighted by Gasteiger charge is -2.12. The highest BCUT2D eigenvalue weighted by molar-refractivity contribution is 5.00. The largest absolute Gasteiger partial charge is 0.311 e. The summed E-state index contributed by atoms with van der Waals surface area (Å²) in [5.74, 6) is 0.641. The fourth-order valence-electron chi connectivity index (χ4n) is 1.76.